The SMILES string of the molecule is Cc1cnc(C(O)N2CCC[C@@H](Oc3ccc(Cl)cn3)[C@@H]2C)c(-c2ncccn2)c1. The van der Waals surface area contributed by atoms with Crippen LogP contribution in [0.3, 0.4) is 0 Å². The molecule has 0 aromatic carbocycles. The van der Waals surface area contributed by atoms with Gasteiger partial charge in [0.05, 0.1) is 10.7 Å². The summed E-state index contributed by atoms with van der Waals surface area (Å²) in [6, 6.07) is 7.20. The van der Waals surface area contributed by atoms with Crippen LogP contribution in [0.2, 0.25) is 5.02 Å². The van der Waals surface area contributed by atoms with Crippen LogP contribution in [0.1, 0.15) is 37.3 Å². The number of rotatable bonds is 5. The Morgan fingerprint density at radius 2 is 1.97 bits per heavy atom. The zero-order valence-electron chi connectivity index (χ0n) is 16.9. The van der Waals surface area contributed by atoms with Crippen LogP contribution in [0, 0.1) is 6.92 Å². The van der Waals surface area contributed by atoms with Crippen LogP contribution >= 0.6 is 11.6 Å². The molecule has 7 nitrogen and oxygen atoms in total. The summed E-state index contributed by atoms with van der Waals surface area (Å²) in [6.45, 7) is 4.75. The maximum Gasteiger partial charge on any atom is 0.213 e. The lowest BCUT2D eigenvalue weighted by molar-refractivity contribution is -0.0767. The van der Waals surface area contributed by atoms with Crippen molar-refractivity contribution in [3.05, 3.63) is 65.3 Å². The minimum atomic E-state index is -0.899. The molecule has 156 valence electrons. The summed E-state index contributed by atoms with van der Waals surface area (Å²) < 4.78 is 6.11. The fourth-order valence-corrected chi connectivity index (χ4v) is 3.89. The number of aryl methyl sites for hydroxylation is 1. The van der Waals surface area contributed by atoms with Gasteiger partial charge in [-0.15, -0.1) is 0 Å². The minimum Gasteiger partial charge on any atom is -0.473 e. The quantitative estimate of drug-likeness (QED) is 0.665. The van der Waals surface area contributed by atoms with E-state index in [0.717, 1.165) is 30.5 Å². The normalized spacial score (nSPS) is 20.7. The predicted octanol–water partition coefficient (Wildman–Crippen LogP) is 3.82. The van der Waals surface area contributed by atoms with Gasteiger partial charge in [-0.3, -0.25) is 9.88 Å². The van der Waals surface area contributed by atoms with E-state index >= 15 is 0 Å². The van der Waals surface area contributed by atoms with Gasteiger partial charge in [0.2, 0.25) is 5.88 Å². The summed E-state index contributed by atoms with van der Waals surface area (Å²) in [6.07, 6.45) is 7.46. The fraction of sp³-hybridized carbons (Fsp3) is 0.364. The van der Waals surface area contributed by atoms with E-state index in [4.69, 9.17) is 16.3 Å². The van der Waals surface area contributed by atoms with Gasteiger partial charge in [-0.05, 0) is 50.5 Å². The molecule has 0 bridgehead atoms. The van der Waals surface area contributed by atoms with Crippen molar-refractivity contribution in [1.29, 1.82) is 0 Å². The topological polar surface area (TPSA) is 84.3 Å². The number of pyridine rings is 2. The van der Waals surface area contributed by atoms with Gasteiger partial charge in [0.25, 0.3) is 0 Å². The van der Waals surface area contributed by atoms with Crippen molar-refractivity contribution >= 4 is 11.6 Å². The molecule has 1 saturated heterocycles. The highest BCUT2D eigenvalue weighted by Crippen LogP contribution is 2.32. The Balaban J connectivity index is 1.58. The third-order valence-corrected chi connectivity index (χ3v) is 5.58. The Bertz CT molecular complexity index is 987. The molecule has 1 aliphatic rings. The Morgan fingerprint density at radius 3 is 2.70 bits per heavy atom. The summed E-state index contributed by atoms with van der Waals surface area (Å²) in [7, 11) is 0. The van der Waals surface area contributed by atoms with Gasteiger partial charge in [0, 0.05) is 49.0 Å². The molecule has 0 aliphatic carbocycles. The first kappa shape index (κ1) is 20.7. The third-order valence-electron chi connectivity index (χ3n) is 5.36. The van der Waals surface area contributed by atoms with E-state index in [-0.39, 0.29) is 12.1 Å². The second-order valence-corrected chi connectivity index (χ2v) is 7.92. The molecule has 4 rings (SSSR count). The van der Waals surface area contributed by atoms with Crippen LogP contribution in [0.4, 0.5) is 0 Å². The van der Waals surface area contributed by atoms with Gasteiger partial charge in [-0.2, -0.15) is 0 Å². The maximum atomic E-state index is 11.3. The molecule has 0 radical (unpaired) electrons. The lowest BCUT2D eigenvalue weighted by Crippen LogP contribution is -2.50. The number of halogens is 1. The molecule has 1 unspecified atom stereocenters. The maximum absolute atomic E-state index is 11.3. The molecule has 1 aliphatic heterocycles. The Labute approximate surface area is 180 Å². The van der Waals surface area contributed by atoms with Gasteiger partial charge in [0.1, 0.15) is 6.10 Å². The molecule has 3 atom stereocenters. The average Bonchev–Trinajstić information content (AvgIpc) is 2.77. The lowest BCUT2D eigenvalue weighted by atomic mass is 9.98. The molecular formula is C22H24ClN5O2. The third kappa shape index (κ3) is 4.43. The van der Waals surface area contributed by atoms with E-state index in [0.29, 0.717) is 22.4 Å². The van der Waals surface area contributed by atoms with Crippen LogP contribution in [0.25, 0.3) is 11.4 Å². The van der Waals surface area contributed by atoms with E-state index < -0.39 is 6.23 Å². The van der Waals surface area contributed by atoms with Crippen molar-refractivity contribution in [3.63, 3.8) is 0 Å². The number of aliphatic hydroxyl groups is 1. The second-order valence-electron chi connectivity index (χ2n) is 7.48. The number of nitrogens with zero attached hydrogens (tertiary/aromatic N) is 5. The molecule has 0 saturated carbocycles. The number of piperidine rings is 1. The molecule has 1 N–H and O–H groups in total. The second kappa shape index (κ2) is 9.04. The van der Waals surface area contributed by atoms with Crippen LogP contribution in [0.5, 0.6) is 5.88 Å². The molecule has 4 heterocycles. The van der Waals surface area contributed by atoms with Crippen molar-refractivity contribution in [3.8, 4) is 17.3 Å². The fourth-order valence-electron chi connectivity index (χ4n) is 3.78. The summed E-state index contributed by atoms with van der Waals surface area (Å²) in [5, 5.41) is 11.9. The van der Waals surface area contributed by atoms with E-state index in [1.807, 2.05) is 17.9 Å². The Morgan fingerprint density at radius 1 is 1.17 bits per heavy atom. The van der Waals surface area contributed by atoms with Crippen LogP contribution in [-0.2, 0) is 0 Å². The molecule has 30 heavy (non-hydrogen) atoms. The molecule has 0 amide bonds. The largest absolute Gasteiger partial charge is 0.473 e. The van der Waals surface area contributed by atoms with Crippen molar-refractivity contribution in [1.82, 2.24) is 24.8 Å². The summed E-state index contributed by atoms with van der Waals surface area (Å²) >= 11 is 5.92. The first-order valence-electron chi connectivity index (χ1n) is 9.99. The highest BCUT2D eigenvalue weighted by molar-refractivity contribution is 6.30. The van der Waals surface area contributed by atoms with E-state index in [2.05, 4.69) is 26.9 Å². The van der Waals surface area contributed by atoms with Crippen LogP contribution in [-0.4, -0.2) is 48.6 Å². The molecule has 3 aromatic rings. The summed E-state index contributed by atoms with van der Waals surface area (Å²) in [5.74, 6) is 1.07. The average molecular weight is 426 g/mol. The van der Waals surface area contributed by atoms with Gasteiger partial charge in [-0.1, -0.05) is 11.6 Å². The van der Waals surface area contributed by atoms with Crippen molar-refractivity contribution in [2.45, 2.75) is 45.1 Å². The van der Waals surface area contributed by atoms with E-state index in [9.17, 15) is 5.11 Å². The highest BCUT2D eigenvalue weighted by Gasteiger charge is 2.35. The van der Waals surface area contributed by atoms with Crippen molar-refractivity contribution < 1.29 is 9.84 Å². The highest BCUT2D eigenvalue weighted by atomic mass is 35.5. The molecular weight excluding hydrogens is 402 g/mol. The standard InChI is InChI=1S/C22H24ClN5O2/c1-14-11-17(21-24-8-4-9-25-21)20(27-12-14)22(29)28-10-3-5-18(15(28)2)30-19-7-6-16(23)13-26-19/h4,6-9,11-13,15,18,22,29H,3,5,10H2,1-2H3/t15-,18+,22?/m0/s1. The number of hydrogen-bond donors (Lipinski definition) is 1. The molecule has 3 aromatic heterocycles. The number of aromatic nitrogens is 4. The number of likely N-dealkylation sites (tertiary alicyclic amines) is 1. The summed E-state index contributed by atoms with van der Waals surface area (Å²) in [4.78, 5) is 19.5. The zero-order chi connectivity index (χ0) is 21.1. The Kier molecular flexibility index (Phi) is 6.22. The zero-order valence-corrected chi connectivity index (χ0v) is 17.7. The predicted molar refractivity (Wildman–Crippen MR) is 114 cm³/mol. The monoisotopic (exact) mass is 425 g/mol. The summed E-state index contributed by atoms with van der Waals surface area (Å²) in [5.41, 5.74) is 2.26. The van der Waals surface area contributed by atoms with Gasteiger partial charge < -0.3 is 9.84 Å². The van der Waals surface area contributed by atoms with Crippen LogP contribution < -0.4 is 4.74 Å². The van der Waals surface area contributed by atoms with Crippen molar-refractivity contribution in [2.24, 2.45) is 0 Å². The Hall–Kier alpha value is -2.61. The van der Waals surface area contributed by atoms with Crippen LogP contribution in [0.15, 0.2) is 49.1 Å². The minimum absolute atomic E-state index is 0.0427. The smallest absolute Gasteiger partial charge is 0.213 e. The lowest BCUT2D eigenvalue weighted by Gasteiger charge is -2.41. The van der Waals surface area contributed by atoms with Crippen molar-refractivity contribution in [2.75, 3.05) is 6.54 Å². The molecule has 1 fully saturated rings. The van der Waals surface area contributed by atoms with E-state index in [1.54, 1.807) is 43.0 Å². The first-order chi connectivity index (χ1) is 14.5. The molecule has 8 heteroatoms. The van der Waals surface area contributed by atoms with Gasteiger partial charge >= 0.3 is 0 Å². The number of hydrogen-bond acceptors (Lipinski definition) is 7. The van der Waals surface area contributed by atoms with E-state index in [1.165, 1.54) is 0 Å². The van der Waals surface area contributed by atoms with Gasteiger partial charge in [-0.25, -0.2) is 15.0 Å². The number of ether oxygens (including phenoxy) is 1. The molecule has 0 spiro atoms. The number of aliphatic hydroxyl groups excluding tert-OH is 1. The van der Waals surface area contributed by atoms with Gasteiger partial charge in [0.15, 0.2) is 12.1 Å². The first-order valence-corrected chi connectivity index (χ1v) is 10.4.